The van der Waals surface area contributed by atoms with Crippen molar-refractivity contribution in [2.45, 2.75) is 25.8 Å². The molecule has 0 saturated heterocycles. The first kappa shape index (κ1) is 10.8. The van der Waals surface area contributed by atoms with Gasteiger partial charge < -0.3 is 5.32 Å². The van der Waals surface area contributed by atoms with Gasteiger partial charge in [0.2, 0.25) is 0 Å². The van der Waals surface area contributed by atoms with Crippen LogP contribution in [0, 0.1) is 12.3 Å². The normalized spacial score (nSPS) is 11.8. The average Bonchev–Trinajstić information content (AvgIpc) is 2.17. The summed E-state index contributed by atoms with van der Waals surface area (Å²) in [6.45, 7) is 2.06. The van der Waals surface area contributed by atoms with Gasteiger partial charge in [0.1, 0.15) is 11.0 Å². The Bertz CT molecular complexity index is 332. The van der Waals surface area contributed by atoms with Crippen LogP contribution in [-0.4, -0.2) is 16.0 Å². The van der Waals surface area contributed by atoms with Crippen molar-refractivity contribution in [1.82, 2.24) is 9.97 Å². The van der Waals surface area contributed by atoms with Crippen LogP contribution in [0.2, 0.25) is 5.15 Å². The number of hydrogen-bond donors (Lipinski definition) is 1. The number of nitrogens with one attached hydrogen (secondary N) is 1. The number of terminal acetylenes is 1. The minimum Gasteiger partial charge on any atom is -0.365 e. The molecule has 3 nitrogen and oxygen atoms in total. The maximum Gasteiger partial charge on any atom is 0.149 e. The molecule has 0 spiro atoms. The molecule has 0 aliphatic carbocycles. The maximum atomic E-state index is 5.69. The van der Waals surface area contributed by atoms with E-state index in [2.05, 4.69) is 28.1 Å². The van der Waals surface area contributed by atoms with Crippen LogP contribution in [0.1, 0.15) is 19.8 Å². The summed E-state index contributed by atoms with van der Waals surface area (Å²) in [4.78, 5) is 7.99. The second-order valence-corrected chi connectivity index (χ2v) is 3.27. The highest BCUT2D eigenvalue weighted by Crippen LogP contribution is 2.10. The van der Waals surface area contributed by atoms with Crippen LogP contribution in [0.5, 0.6) is 0 Å². The number of halogens is 1. The molecular formula is C10H12ClN3. The van der Waals surface area contributed by atoms with Crippen LogP contribution >= 0.6 is 11.6 Å². The lowest BCUT2D eigenvalue weighted by Crippen LogP contribution is -2.18. The summed E-state index contributed by atoms with van der Waals surface area (Å²) in [5.41, 5.74) is 0. The number of anilines is 1. The van der Waals surface area contributed by atoms with Crippen molar-refractivity contribution in [2.75, 3.05) is 5.32 Å². The van der Waals surface area contributed by atoms with Crippen molar-refractivity contribution in [2.24, 2.45) is 0 Å². The third-order valence-electron chi connectivity index (χ3n) is 1.81. The molecule has 1 heterocycles. The van der Waals surface area contributed by atoms with Gasteiger partial charge in [-0.15, -0.1) is 12.3 Å². The Labute approximate surface area is 88.9 Å². The Hall–Kier alpha value is -1.27. The van der Waals surface area contributed by atoms with Crippen molar-refractivity contribution in [3.8, 4) is 12.3 Å². The molecule has 1 unspecified atom stereocenters. The average molecular weight is 210 g/mol. The number of nitrogens with zero attached hydrogens (tertiary/aromatic N) is 2. The highest BCUT2D eigenvalue weighted by atomic mass is 35.5. The molecule has 0 radical (unpaired) electrons. The molecule has 1 N–H and O–H groups in total. The second kappa shape index (κ2) is 5.46. The van der Waals surface area contributed by atoms with Crippen molar-refractivity contribution in [3.63, 3.8) is 0 Å². The Morgan fingerprint density at radius 3 is 3.00 bits per heavy atom. The molecule has 0 bridgehead atoms. The molecule has 1 atom stereocenters. The zero-order chi connectivity index (χ0) is 10.4. The first-order valence-electron chi connectivity index (χ1n) is 4.43. The van der Waals surface area contributed by atoms with E-state index in [1.165, 1.54) is 6.20 Å². The number of rotatable bonds is 4. The van der Waals surface area contributed by atoms with E-state index >= 15 is 0 Å². The smallest absolute Gasteiger partial charge is 0.149 e. The van der Waals surface area contributed by atoms with Gasteiger partial charge in [0, 0.05) is 12.5 Å². The lowest BCUT2D eigenvalue weighted by molar-refractivity contribution is 0.711. The van der Waals surface area contributed by atoms with E-state index in [1.807, 2.05) is 0 Å². The van der Waals surface area contributed by atoms with Crippen molar-refractivity contribution in [3.05, 3.63) is 17.5 Å². The standard InChI is InChI=1S/C10H12ClN3/c1-3-5-8(4-2)13-10-7-12-6-9(11)14-10/h1,6-8H,4-5H2,2H3,(H,13,14). The van der Waals surface area contributed by atoms with E-state index in [0.717, 1.165) is 6.42 Å². The van der Waals surface area contributed by atoms with Crippen LogP contribution in [0.4, 0.5) is 5.82 Å². The molecular weight excluding hydrogens is 198 g/mol. The van der Waals surface area contributed by atoms with Gasteiger partial charge in [-0.25, -0.2) is 4.98 Å². The molecule has 0 aromatic carbocycles. The largest absolute Gasteiger partial charge is 0.365 e. The molecule has 0 fully saturated rings. The van der Waals surface area contributed by atoms with E-state index < -0.39 is 0 Å². The Morgan fingerprint density at radius 1 is 1.64 bits per heavy atom. The zero-order valence-electron chi connectivity index (χ0n) is 8.00. The highest BCUT2D eigenvalue weighted by molar-refractivity contribution is 6.29. The van der Waals surface area contributed by atoms with E-state index in [9.17, 15) is 0 Å². The SMILES string of the molecule is C#CCC(CC)Nc1cncc(Cl)n1. The Balaban J connectivity index is 2.63. The van der Waals surface area contributed by atoms with E-state index in [-0.39, 0.29) is 6.04 Å². The van der Waals surface area contributed by atoms with E-state index in [1.54, 1.807) is 6.20 Å². The van der Waals surface area contributed by atoms with Gasteiger partial charge in [-0.3, -0.25) is 4.98 Å². The van der Waals surface area contributed by atoms with Gasteiger partial charge >= 0.3 is 0 Å². The molecule has 1 aromatic heterocycles. The van der Waals surface area contributed by atoms with Crippen molar-refractivity contribution < 1.29 is 0 Å². The van der Waals surface area contributed by atoms with Gasteiger partial charge in [0.25, 0.3) is 0 Å². The van der Waals surface area contributed by atoms with Crippen molar-refractivity contribution in [1.29, 1.82) is 0 Å². The maximum absolute atomic E-state index is 5.69. The quantitative estimate of drug-likeness (QED) is 0.774. The summed E-state index contributed by atoms with van der Waals surface area (Å²) in [5.74, 6) is 3.28. The third kappa shape index (κ3) is 3.23. The molecule has 1 rings (SSSR count). The summed E-state index contributed by atoms with van der Waals surface area (Å²) >= 11 is 5.69. The summed E-state index contributed by atoms with van der Waals surface area (Å²) < 4.78 is 0. The minimum absolute atomic E-state index is 0.229. The minimum atomic E-state index is 0.229. The van der Waals surface area contributed by atoms with Gasteiger partial charge in [-0.05, 0) is 6.42 Å². The fourth-order valence-corrected chi connectivity index (χ4v) is 1.21. The monoisotopic (exact) mass is 209 g/mol. The summed E-state index contributed by atoms with van der Waals surface area (Å²) in [6.07, 6.45) is 9.98. The second-order valence-electron chi connectivity index (χ2n) is 2.88. The predicted molar refractivity (Wildman–Crippen MR) is 58.2 cm³/mol. The first-order chi connectivity index (χ1) is 6.76. The van der Waals surface area contributed by atoms with Crippen LogP contribution in [0.25, 0.3) is 0 Å². The predicted octanol–water partition coefficient (Wildman–Crippen LogP) is 2.34. The Morgan fingerprint density at radius 2 is 2.43 bits per heavy atom. The van der Waals surface area contributed by atoms with Gasteiger partial charge in [-0.1, -0.05) is 18.5 Å². The van der Waals surface area contributed by atoms with Crippen LogP contribution in [0.3, 0.4) is 0 Å². The Kier molecular flexibility index (Phi) is 4.21. The topological polar surface area (TPSA) is 37.8 Å². The van der Waals surface area contributed by atoms with Gasteiger partial charge in [0.05, 0.1) is 12.4 Å². The lowest BCUT2D eigenvalue weighted by Gasteiger charge is -2.14. The zero-order valence-corrected chi connectivity index (χ0v) is 8.75. The molecule has 1 aromatic rings. The summed E-state index contributed by atoms with van der Waals surface area (Å²) in [6, 6.07) is 0.229. The van der Waals surface area contributed by atoms with E-state index in [0.29, 0.717) is 17.4 Å². The van der Waals surface area contributed by atoms with Crippen molar-refractivity contribution >= 4 is 17.4 Å². The molecule has 0 saturated carbocycles. The van der Waals surface area contributed by atoms with Gasteiger partial charge in [0.15, 0.2) is 0 Å². The van der Waals surface area contributed by atoms with Crippen LogP contribution < -0.4 is 5.32 Å². The fourth-order valence-electron chi connectivity index (χ4n) is 1.06. The summed E-state index contributed by atoms with van der Waals surface area (Å²) in [5, 5.41) is 3.55. The number of hydrogen-bond acceptors (Lipinski definition) is 3. The highest BCUT2D eigenvalue weighted by Gasteiger charge is 2.05. The first-order valence-corrected chi connectivity index (χ1v) is 4.81. The van der Waals surface area contributed by atoms with Gasteiger partial charge in [-0.2, -0.15) is 0 Å². The molecule has 0 amide bonds. The molecule has 14 heavy (non-hydrogen) atoms. The number of aromatic nitrogens is 2. The summed E-state index contributed by atoms with van der Waals surface area (Å²) in [7, 11) is 0. The molecule has 0 aliphatic rings. The van der Waals surface area contributed by atoms with Crippen LogP contribution in [-0.2, 0) is 0 Å². The lowest BCUT2D eigenvalue weighted by atomic mass is 10.1. The molecule has 4 heteroatoms. The fraction of sp³-hybridized carbons (Fsp3) is 0.400. The third-order valence-corrected chi connectivity index (χ3v) is 2.00. The molecule has 0 aliphatic heterocycles. The van der Waals surface area contributed by atoms with E-state index in [4.69, 9.17) is 18.0 Å². The molecule has 74 valence electrons. The van der Waals surface area contributed by atoms with Crippen LogP contribution in [0.15, 0.2) is 12.4 Å².